The van der Waals surface area contributed by atoms with Gasteiger partial charge in [-0.15, -0.1) is 0 Å². The molecule has 0 spiro atoms. The summed E-state index contributed by atoms with van der Waals surface area (Å²) in [6.45, 7) is 0.885. The minimum atomic E-state index is -3.14. The van der Waals surface area contributed by atoms with Gasteiger partial charge >= 0.3 is 0 Å². The van der Waals surface area contributed by atoms with Crippen molar-refractivity contribution >= 4 is 21.6 Å². The molecule has 3 rings (SSSR count). The third-order valence-corrected chi connectivity index (χ3v) is 6.33. The van der Waals surface area contributed by atoms with Gasteiger partial charge in [-0.3, -0.25) is 4.98 Å². The largest absolute Gasteiger partial charge is 0.262 e. The summed E-state index contributed by atoms with van der Waals surface area (Å²) in [5.74, 6) is 5.00. The van der Waals surface area contributed by atoms with Gasteiger partial charge < -0.3 is 0 Å². The molecule has 1 saturated heterocycles. The molecule has 0 amide bonds. The second kappa shape index (κ2) is 5.56. The number of nitrogens with zero attached hydrogens (tertiary/aromatic N) is 2. The number of sulfonamides is 1. The molecule has 1 aliphatic heterocycles. The molecule has 2 heterocycles. The maximum absolute atomic E-state index is 13.7. The molecule has 2 fully saturated rings. The zero-order valence-corrected chi connectivity index (χ0v) is 12.8. The summed E-state index contributed by atoms with van der Waals surface area (Å²) in [7, 11) is -3.14. The molecule has 21 heavy (non-hydrogen) atoms. The highest BCUT2D eigenvalue weighted by molar-refractivity contribution is 7.90. The van der Waals surface area contributed by atoms with Crippen LogP contribution in [-0.4, -0.2) is 36.0 Å². The van der Waals surface area contributed by atoms with E-state index >= 15 is 0 Å². The van der Waals surface area contributed by atoms with Crippen LogP contribution in [0.5, 0.6) is 0 Å². The molecule has 0 aromatic carbocycles. The predicted molar refractivity (Wildman–Crippen MR) is 77.7 cm³/mol. The van der Waals surface area contributed by atoms with Crippen molar-refractivity contribution in [2.45, 2.75) is 24.5 Å². The Morgan fingerprint density at radius 1 is 1.33 bits per heavy atom. The van der Waals surface area contributed by atoms with Crippen LogP contribution in [0, 0.1) is 23.6 Å². The maximum atomic E-state index is 13.7. The Hall–Kier alpha value is -1.16. The summed E-state index contributed by atoms with van der Waals surface area (Å²) >= 11 is 5.64. The number of hydrogen-bond acceptors (Lipinski definition) is 3. The lowest BCUT2D eigenvalue weighted by Crippen LogP contribution is -2.31. The molecule has 7 heteroatoms. The fourth-order valence-electron chi connectivity index (χ4n) is 2.34. The van der Waals surface area contributed by atoms with Gasteiger partial charge in [-0.05, 0) is 19.3 Å². The molecule has 4 nitrogen and oxygen atoms in total. The van der Waals surface area contributed by atoms with Crippen LogP contribution in [0.4, 0.5) is 4.39 Å². The first kappa shape index (κ1) is 14.8. The zero-order valence-electron chi connectivity index (χ0n) is 11.2. The van der Waals surface area contributed by atoms with Gasteiger partial charge in [0.15, 0.2) is 5.82 Å². The van der Waals surface area contributed by atoms with E-state index in [1.54, 1.807) is 0 Å². The van der Waals surface area contributed by atoms with Gasteiger partial charge in [-0.25, -0.2) is 17.1 Å². The Balaban J connectivity index is 1.71. The van der Waals surface area contributed by atoms with Crippen molar-refractivity contribution in [2.24, 2.45) is 5.92 Å². The van der Waals surface area contributed by atoms with Crippen LogP contribution < -0.4 is 0 Å². The first-order chi connectivity index (χ1) is 9.98. The fraction of sp³-hybridized carbons (Fsp3) is 0.500. The van der Waals surface area contributed by atoms with Gasteiger partial charge in [0, 0.05) is 31.4 Å². The third kappa shape index (κ3) is 3.05. The van der Waals surface area contributed by atoms with Gasteiger partial charge in [0.2, 0.25) is 10.0 Å². The minimum Gasteiger partial charge on any atom is -0.262 e. The van der Waals surface area contributed by atoms with Gasteiger partial charge in [0.25, 0.3) is 0 Å². The summed E-state index contributed by atoms with van der Waals surface area (Å²) in [6, 6.07) is 0. The summed E-state index contributed by atoms with van der Waals surface area (Å²) < 4.78 is 39.4. The Kier molecular flexibility index (Phi) is 3.91. The first-order valence-electron chi connectivity index (χ1n) is 6.78. The Bertz CT molecular complexity index is 722. The topological polar surface area (TPSA) is 50.3 Å². The summed E-state index contributed by atoms with van der Waals surface area (Å²) in [4.78, 5) is 3.80. The fourth-order valence-corrected chi connectivity index (χ4v) is 4.40. The molecule has 0 radical (unpaired) electrons. The molecule has 112 valence electrons. The summed E-state index contributed by atoms with van der Waals surface area (Å²) in [5.41, 5.74) is 0.144. The third-order valence-electron chi connectivity index (χ3n) is 3.71. The van der Waals surface area contributed by atoms with E-state index in [9.17, 15) is 12.8 Å². The average molecular weight is 329 g/mol. The second-order valence-corrected chi connectivity index (χ2v) is 7.96. The van der Waals surface area contributed by atoms with E-state index in [1.807, 2.05) is 0 Å². The van der Waals surface area contributed by atoms with Gasteiger partial charge in [-0.1, -0.05) is 23.4 Å². The smallest absolute Gasteiger partial charge is 0.217 e. The number of halogens is 2. The van der Waals surface area contributed by atoms with Crippen molar-refractivity contribution in [1.29, 1.82) is 0 Å². The van der Waals surface area contributed by atoms with Crippen LogP contribution in [0.2, 0.25) is 5.02 Å². The van der Waals surface area contributed by atoms with Crippen molar-refractivity contribution in [3.63, 3.8) is 0 Å². The molecule has 1 unspecified atom stereocenters. The molecule has 1 aliphatic carbocycles. The zero-order chi connectivity index (χ0) is 15.0. The van der Waals surface area contributed by atoms with Crippen molar-refractivity contribution in [3.05, 3.63) is 28.8 Å². The minimum absolute atomic E-state index is 0.0637. The van der Waals surface area contributed by atoms with E-state index in [0.717, 1.165) is 12.8 Å². The molecular formula is C14H14ClFN2O2S. The Labute approximate surface area is 128 Å². The SMILES string of the molecule is O=S(=O)(C1CC1)N1CCC(C#Cc2cncc(Cl)c2F)C1. The Morgan fingerprint density at radius 3 is 2.81 bits per heavy atom. The van der Waals surface area contributed by atoms with Gasteiger partial charge in [0.1, 0.15) is 0 Å². The Morgan fingerprint density at radius 2 is 2.10 bits per heavy atom. The lowest BCUT2D eigenvalue weighted by Gasteiger charge is -2.14. The number of rotatable bonds is 2. The van der Waals surface area contributed by atoms with Crippen LogP contribution in [0.15, 0.2) is 12.4 Å². The van der Waals surface area contributed by atoms with Crippen molar-refractivity contribution < 1.29 is 12.8 Å². The average Bonchev–Trinajstić information content (AvgIpc) is 3.20. The van der Waals surface area contributed by atoms with Crippen LogP contribution in [0.1, 0.15) is 24.8 Å². The number of pyridine rings is 1. The lowest BCUT2D eigenvalue weighted by molar-refractivity contribution is 0.470. The van der Waals surface area contributed by atoms with Crippen LogP contribution >= 0.6 is 11.6 Å². The van der Waals surface area contributed by atoms with Gasteiger partial charge in [0.05, 0.1) is 15.8 Å². The second-order valence-electron chi connectivity index (χ2n) is 5.34. The van der Waals surface area contributed by atoms with E-state index in [0.29, 0.717) is 19.5 Å². The normalized spacial score (nSPS) is 22.9. The molecule has 1 aromatic heterocycles. The first-order valence-corrected chi connectivity index (χ1v) is 8.66. The highest BCUT2D eigenvalue weighted by atomic mass is 35.5. The highest BCUT2D eigenvalue weighted by Gasteiger charge is 2.42. The molecule has 1 atom stereocenters. The van der Waals surface area contributed by atoms with E-state index < -0.39 is 15.8 Å². The maximum Gasteiger partial charge on any atom is 0.217 e. The molecule has 2 aliphatic rings. The van der Waals surface area contributed by atoms with Gasteiger partial charge in [-0.2, -0.15) is 0 Å². The highest BCUT2D eigenvalue weighted by Crippen LogP contribution is 2.33. The molecule has 1 saturated carbocycles. The number of aromatic nitrogens is 1. The lowest BCUT2D eigenvalue weighted by atomic mass is 10.1. The van der Waals surface area contributed by atoms with Crippen molar-refractivity contribution in [3.8, 4) is 11.8 Å². The van der Waals surface area contributed by atoms with Crippen molar-refractivity contribution in [1.82, 2.24) is 9.29 Å². The standard InChI is InChI=1S/C14H14ClFN2O2S/c15-13-8-17-7-11(14(13)16)2-1-10-5-6-18(9-10)21(19,20)12-3-4-12/h7-8,10,12H,3-6,9H2. The van der Waals surface area contributed by atoms with Crippen molar-refractivity contribution in [2.75, 3.05) is 13.1 Å². The monoisotopic (exact) mass is 328 g/mol. The molecular weight excluding hydrogens is 315 g/mol. The molecule has 1 aromatic rings. The van der Waals surface area contributed by atoms with E-state index in [4.69, 9.17) is 11.6 Å². The van der Waals surface area contributed by atoms with Crippen LogP contribution in [0.25, 0.3) is 0 Å². The molecule has 0 bridgehead atoms. The predicted octanol–water partition coefficient (Wildman–Crippen LogP) is 2.04. The van der Waals surface area contributed by atoms with Crippen LogP contribution in [-0.2, 0) is 10.0 Å². The summed E-state index contributed by atoms with van der Waals surface area (Å²) in [5, 5.41) is -0.259. The quantitative estimate of drug-likeness (QED) is 0.781. The summed E-state index contributed by atoms with van der Waals surface area (Å²) in [6.07, 6.45) is 4.74. The number of hydrogen-bond donors (Lipinski definition) is 0. The van der Waals surface area contributed by atoms with E-state index in [-0.39, 0.29) is 21.8 Å². The van der Waals surface area contributed by atoms with E-state index in [2.05, 4.69) is 16.8 Å². The van der Waals surface area contributed by atoms with Crippen LogP contribution in [0.3, 0.4) is 0 Å². The molecule has 0 N–H and O–H groups in total. The van der Waals surface area contributed by atoms with E-state index in [1.165, 1.54) is 16.7 Å².